The van der Waals surface area contributed by atoms with Gasteiger partial charge in [0, 0.05) is 16.6 Å². The Morgan fingerprint density at radius 1 is 1.00 bits per heavy atom. The summed E-state index contributed by atoms with van der Waals surface area (Å²) in [6, 6.07) is 13.1. The zero-order valence-electron chi connectivity index (χ0n) is 9.53. The first-order chi connectivity index (χ1) is 8.42. The average molecular weight is 219 g/mol. The summed E-state index contributed by atoms with van der Waals surface area (Å²) in [6.45, 7) is 0. The lowest BCUT2D eigenvalue weighted by Gasteiger charge is -2.04. The van der Waals surface area contributed by atoms with Crippen molar-refractivity contribution in [3.8, 4) is 0 Å². The van der Waals surface area contributed by atoms with Gasteiger partial charge in [0.15, 0.2) is 0 Å². The van der Waals surface area contributed by atoms with Gasteiger partial charge in [0.2, 0.25) is 0 Å². The lowest BCUT2D eigenvalue weighted by Crippen LogP contribution is -1.90. The minimum absolute atomic E-state index is 1.16. The molecule has 0 saturated heterocycles. The highest BCUT2D eigenvalue weighted by atomic mass is 14.7. The van der Waals surface area contributed by atoms with E-state index in [1.54, 1.807) is 0 Å². The predicted octanol–water partition coefficient (Wildman–Crippen LogP) is 4.28. The Bertz CT molecular complexity index is 747. The van der Waals surface area contributed by atoms with E-state index in [0.717, 1.165) is 12.8 Å². The number of hydrogen-bond acceptors (Lipinski definition) is 0. The third-order valence-corrected chi connectivity index (χ3v) is 3.65. The monoisotopic (exact) mass is 219 g/mol. The molecule has 1 N–H and O–H groups in total. The predicted molar refractivity (Wildman–Crippen MR) is 73.2 cm³/mol. The topological polar surface area (TPSA) is 15.8 Å². The molecule has 3 aromatic rings. The van der Waals surface area contributed by atoms with E-state index in [2.05, 4.69) is 53.5 Å². The van der Waals surface area contributed by atoms with Gasteiger partial charge in [0.25, 0.3) is 0 Å². The third-order valence-electron chi connectivity index (χ3n) is 3.65. The van der Waals surface area contributed by atoms with Crippen molar-refractivity contribution in [2.24, 2.45) is 0 Å². The van der Waals surface area contributed by atoms with Crippen molar-refractivity contribution >= 4 is 27.8 Å². The summed E-state index contributed by atoms with van der Waals surface area (Å²) in [5.74, 6) is 0. The van der Waals surface area contributed by atoms with E-state index in [-0.39, 0.29) is 0 Å². The molecule has 0 bridgehead atoms. The van der Waals surface area contributed by atoms with Gasteiger partial charge in [-0.1, -0.05) is 30.3 Å². The van der Waals surface area contributed by atoms with Gasteiger partial charge in [-0.05, 0) is 47.4 Å². The maximum Gasteiger partial charge on any atom is 0.0467 e. The van der Waals surface area contributed by atoms with Crippen molar-refractivity contribution in [1.29, 1.82) is 0 Å². The van der Waals surface area contributed by atoms with Crippen LogP contribution in [0, 0.1) is 0 Å². The summed E-state index contributed by atoms with van der Waals surface area (Å²) in [5.41, 5.74) is 4.04. The van der Waals surface area contributed by atoms with Crippen molar-refractivity contribution in [3.63, 3.8) is 0 Å². The summed E-state index contributed by atoms with van der Waals surface area (Å²) in [6.07, 6.45) is 6.78. The van der Waals surface area contributed by atoms with Gasteiger partial charge in [-0.3, -0.25) is 0 Å². The summed E-state index contributed by atoms with van der Waals surface area (Å²) in [7, 11) is 0. The highest BCUT2D eigenvalue weighted by Crippen LogP contribution is 2.30. The lowest BCUT2D eigenvalue weighted by atomic mass is 9.99. The van der Waals surface area contributed by atoms with E-state index in [1.165, 1.54) is 32.9 Å². The normalized spacial score (nSPS) is 14.4. The van der Waals surface area contributed by atoms with Gasteiger partial charge in [0.1, 0.15) is 0 Å². The molecule has 1 heteroatoms. The molecule has 0 fully saturated rings. The van der Waals surface area contributed by atoms with Crippen LogP contribution < -0.4 is 0 Å². The molecule has 4 rings (SSSR count). The lowest BCUT2D eigenvalue weighted by molar-refractivity contribution is 0.992. The minimum Gasteiger partial charge on any atom is -0.355 e. The Balaban J connectivity index is 2.16. The zero-order chi connectivity index (χ0) is 11.2. The van der Waals surface area contributed by atoms with E-state index in [4.69, 9.17) is 0 Å². The molecular weight excluding hydrogens is 206 g/mol. The Kier molecular flexibility index (Phi) is 1.72. The fraction of sp³-hybridized carbons (Fsp3) is 0.125. The fourth-order valence-corrected chi connectivity index (χ4v) is 2.80. The Labute approximate surface area is 99.8 Å². The highest BCUT2D eigenvalue weighted by Gasteiger charge is 2.12. The van der Waals surface area contributed by atoms with Crippen LogP contribution in [0.25, 0.3) is 27.8 Å². The van der Waals surface area contributed by atoms with Crippen molar-refractivity contribution in [3.05, 3.63) is 53.7 Å². The first kappa shape index (κ1) is 9.06. The van der Waals surface area contributed by atoms with Crippen LogP contribution in [0.15, 0.2) is 42.5 Å². The molecule has 2 aromatic carbocycles. The van der Waals surface area contributed by atoms with Crippen molar-refractivity contribution in [2.45, 2.75) is 12.8 Å². The van der Waals surface area contributed by atoms with Crippen molar-refractivity contribution in [2.75, 3.05) is 0 Å². The standard InChI is InChI=1S/C16H13N/c1-2-6-12-10-16-14(9-11(12)5-1)13-7-3-4-8-15(13)17-16/h1-2,4-6,8-10,17H,3,7H2. The van der Waals surface area contributed by atoms with Crippen LogP contribution in [-0.2, 0) is 6.42 Å². The van der Waals surface area contributed by atoms with Gasteiger partial charge in [-0.25, -0.2) is 0 Å². The van der Waals surface area contributed by atoms with E-state index in [9.17, 15) is 0 Å². The molecule has 1 aliphatic carbocycles. The molecule has 0 aliphatic heterocycles. The van der Waals surface area contributed by atoms with Crippen LogP contribution in [0.5, 0.6) is 0 Å². The molecule has 1 nitrogen and oxygen atoms in total. The molecule has 0 amide bonds. The SMILES string of the molecule is C1=Cc2[nH]c3cc4ccccc4cc3c2CC1. The summed E-state index contributed by atoms with van der Waals surface area (Å²) < 4.78 is 0. The Hall–Kier alpha value is -2.02. The average Bonchev–Trinajstić information content (AvgIpc) is 2.73. The second-order valence-electron chi connectivity index (χ2n) is 4.70. The van der Waals surface area contributed by atoms with E-state index in [0.29, 0.717) is 0 Å². The van der Waals surface area contributed by atoms with Gasteiger partial charge < -0.3 is 4.98 Å². The van der Waals surface area contributed by atoms with Crippen LogP contribution in [0.2, 0.25) is 0 Å². The number of hydrogen-bond donors (Lipinski definition) is 1. The molecule has 1 heterocycles. The first-order valence-electron chi connectivity index (χ1n) is 6.12. The molecule has 1 aliphatic rings. The van der Waals surface area contributed by atoms with Crippen LogP contribution in [0.1, 0.15) is 17.7 Å². The molecule has 1 aromatic heterocycles. The summed E-state index contributed by atoms with van der Waals surface area (Å²) in [4.78, 5) is 3.52. The molecule has 0 radical (unpaired) electrons. The van der Waals surface area contributed by atoms with Gasteiger partial charge in [0.05, 0.1) is 0 Å². The van der Waals surface area contributed by atoms with Gasteiger partial charge in [-0.2, -0.15) is 0 Å². The number of allylic oxidation sites excluding steroid dienone is 1. The molecule has 0 atom stereocenters. The number of aromatic amines is 1. The Morgan fingerprint density at radius 2 is 1.82 bits per heavy atom. The number of aromatic nitrogens is 1. The quantitative estimate of drug-likeness (QED) is 0.581. The second kappa shape index (κ2) is 3.24. The molecule has 82 valence electrons. The molecule has 17 heavy (non-hydrogen) atoms. The van der Waals surface area contributed by atoms with Gasteiger partial charge in [-0.15, -0.1) is 0 Å². The molecular formula is C16H13N. The van der Waals surface area contributed by atoms with Gasteiger partial charge >= 0.3 is 0 Å². The number of aryl methyl sites for hydroxylation is 1. The third kappa shape index (κ3) is 1.26. The number of H-pyrrole nitrogens is 1. The maximum absolute atomic E-state index is 3.52. The molecule has 0 unspecified atom stereocenters. The number of benzene rings is 2. The fourth-order valence-electron chi connectivity index (χ4n) is 2.80. The van der Waals surface area contributed by atoms with Crippen LogP contribution in [0.4, 0.5) is 0 Å². The Morgan fingerprint density at radius 3 is 2.71 bits per heavy atom. The number of rotatable bonds is 0. The number of nitrogens with one attached hydrogen (secondary N) is 1. The van der Waals surface area contributed by atoms with Crippen LogP contribution >= 0.6 is 0 Å². The summed E-state index contributed by atoms with van der Waals surface area (Å²) >= 11 is 0. The van der Waals surface area contributed by atoms with Crippen LogP contribution in [-0.4, -0.2) is 4.98 Å². The van der Waals surface area contributed by atoms with Crippen molar-refractivity contribution < 1.29 is 0 Å². The van der Waals surface area contributed by atoms with E-state index >= 15 is 0 Å². The number of fused-ring (bicyclic) bond motifs is 4. The van der Waals surface area contributed by atoms with E-state index < -0.39 is 0 Å². The molecule has 0 saturated carbocycles. The highest BCUT2D eigenvalue weighted by molar-refractivity contribution is 5.99. The maximum atomic E-state index is 3.52. The van der Waals surface area contributed by atoms with Crippen LogP contribution in [0.3, 0.4) is 0 Å². The largest absolute Gasteiger partial charge is 0.355 e. The summed E-state index contributed by atoms with van der Waals surface area (Å²) in [5, 5.41) is 4.03. The molecule has 0 spiro atoms. The van der Waals surface area contributed by atoms with Crippen molar-refractivity contribution in [1.82, 2.24) is 4.98 Å². The second-order valence-corrected chi connectivity index (χ2v) is 4.70. The first-order valence-corrected chi connectivity index (χ1v) is 6.12. The smallest absolute Gasteiger partial charge is 0.0467 e. The minimum atomic E-state index is 1.16. The zero-order valence-corrected chi connectivity index (χ0v) is 9.53. The van der Waals surface area contributed by atoms with E-state index in [1.807, 2.05) is 0 Å².